The van der Waals surface area contributed by atoms with Crippen LogP contribution in [0.5, 0.6) is 0 Å². The van der Waals surface area contributed by atoms with Crippen LogP contribution in [0, 0.1) is 10.1 Å². The number of nitro groups is 1. The molecule has 0 spiro atoms. The third-order valence-electron chi connectivity index (χ3n) is 4.54. The number of non-ortho nitro benzene ring substituents is 1. The molecule has 3 aromatic rings. The second-order valence-corrected chi connectivity index (χ2v) is 6.21. The standard InChI is InChI=1S/C20H11N3O6/c24-18-14-3-1-2-13-16(23(28)29)9-8-15(17(13)14)19(25)22(18)21-10-11-4-6-12(7-5-11)20(26)27/h1-10H,(H,26,27). The van der Waals surface area contributed by atoms with Gasteiger partial charge in [-0.2, -0.15) is 10.1 Å². The first-order valence-corrected chi connectivity index (χ1v) is 8.34. The van der Waals surface area contributed by atoms with Crippen molar-refractivity contribution in [3.05, 3.63) is 87.0 Å². The van der Waals surface area contributed by atoms with Crippen molar-refractivity contribution in [1.82, 2.24) is 5.01 Å². The third-order valence-corrected chi connectivity index (χ3v) is 4.54. The topological polar surface area (TPSA) is 130 Å². The van der Waals surface area contributed by atoms with Crippen LogP contribution in [0.1, 0.15) is 36.6 Å². The van der Waals surface area contributed by atoms with Crippen molar-refractivity contribution in [3.63, 3.8) is 0 Å². The van der Waals surface area contributed by atoms with Gasteiger partial charge in [0, 0.05) is 11.5 Å². The number of amides is 2. The van der Waals surface area contributed by atoms with E-state index in [2.05, 4.69) is 5.10 Å². The summed E-state index contributed by atoms with van der Waals surface area (Å²) in [4.78, 5) is 47.2. The molecule has 0 unspecified atom stereocenters. The Morgan fingerprint density at radius 2 is 1.66 bits per heavy atom. The van der Waals surface area contributed by atoms with E-state index in [4.69, 9.17) is 5.11 Å². The van der Waals surface area contributed by atoms with Gasteiger partial charge in [0.05, 0.1) is 33.2 Å². The van der Waals surface area contributed by atoms with Crippen molar-refractivity contribution in [2.24, 2.45) is 5.10 Å². The molecule has 0 atom stereocenters. The average molecular weight is 389 g/mol. The van der Waals surface area contributed by atoms with Gasteiger partial charge in [-0.05, 0) is 35.9 Å². The van der Waals surface area contributed by atoms with E-state index in [1.807, 2.05) is 0 Å². The highest BCUT2D eigenvalue weighted by atomic mass is 16.6. The van der Waals surface area contributed by atoms with Crippen LogP contribution in [0.2, 0.25) is 0 Å². The van der Waals surface area contributed by atoms with E-state index >= 15 is 0 Å². The van der Waals surface area contributed by atoms with E-state index in [0.717, 1.165) is 0 Å². The fraction of sp³-hybridized carbons (Fsp3) is 0. The monoisotopic (exact) mass is 389 g/mol. The number of nitrogens with zero attached hydrogens (tertiary/aromatic N) is 3. The Bertz CT molecular complexity index is 1220. The molecule has 29 heavy (non-hydrogen) atoms. The van der Waals surface area contributed by atoms with Gasteiger partial charge in [0.25, 0.3) is 17.5 Å². The lowest BCUT2D eigenvalue weighted by molar-refractivity contribution is -0.383. The Labute approximate surface area is 162 Å². The van der Waals surface area contributed by atoms with E-state index in [0.29, 0.717) is 10.6 Å². The Morgan fingerprint density at radius 3 is 2.28 bits per heavy atom. The maximum Gasteiger partial charge on any atom is 0.335 e. The molecular weight excluding hydrogens is 378 g/mol. The molecule has 142 valence electrons. The molecule has 0 radical (unpaired) electrons. The number of aromatic carboxylic acids is 1. The Morgan fingerprint density at radius 1 is 1.00 bits per heavy atom. The lowest BCUT2D eigenvalue weighted by Crippen LogP contribution is -2.36. The molecule has 0 aliphatic carbocycles. The highest BCUT2D eigenvalue weighted by molar-refractivity contribution is 6.26. The number of hydrazone groups is 1. The molecule has 1 N–H and O–H groups in total. The first-order chi connectivity index (χ1) is 13.9. The minimum Gasteiger partial charge on any atom is -0.478 e. The van der Waals surface area contributed by atoms with Crippen LogP contribution in [0.15, 0.2) is 59.7 Å². The van der Waals surface area contributed by atoms with Crippen LogP contribution in [-0.2, 0) is 0 Å². The number of hydrogen-bond acceptors (Lipinski definition) is 6. The molecule has 0 fully saturated rings. The van der Waals surface area contributed by atoms with Gasteiger partial charge in [-0.25, -0.2) is 4.79 Å². The summed E-state index contributed by atoms with van der Waals surface area (Å²) in [6.07, 6.45) is 1.26. The number of imide groups is 1. The molecule has 3 aromatic carbocycles. The maximum atomic E-state index is 12.8. The summed E-state index contributed by atoms with van der Waals surface area (Å²) >= 11 is 0. The van der Waals surface area contributed by atoms with E-state index in [9.17, 15) is 24.5 Å². The number of nitro benzene ring substituents is 1. The summed E-state index contributed by atoms with van der Waals surface area (Å²) in [7, 11) is 0. The minimum atomic E-state index is -1.08. The number of carbonyl (C=O) groups excluding carboxylic acids is 2. The van der Waals surface area contributed by atoms with Gasteiger partial charge in [-0.3, -0.25) is 19.7 Å². The molecule has 1 aliphatic heterocycles. The fourth-order valence-corrected chi connectivity index (χ4v) is 3.17. The first kappa shape index (κ1) is 18.0. The highest BCUT2D eigenvalue weighted by Crippen LogP contribution is 2.35. The third kappa shape index (κ3) is 2.90. The molecule has 9 nitrogen and oxygen atoms in total. The van der Waals surface area contributed by atoms with Gasteiger partial charge >= 0.3 is 5.97 Å². The molecule has 1 aliphatic rings. The smallest absolute Gasteiger partial charge is 0.335 e. The van der Waals surface area contributed by atoms with E-state index in [-0.39, 0.29) is 33.2 Å². The molecule has 0 saturated heterocycles. The predicted octanol–water partition coefficient (Wildman–Crippen LogP) is 3.08. The second-order valence-electron chi connectivity index (χ2n) is 6.21. The predicted molar refractivity (Wildman–Crippen MR) is 102 cm³/mol. The van der Waals surface area contributed by atoms with E-state index in [1.54, 1.807) is 0 Å². The van der Waals surface area contributed by atoms with Gasteiger partial charge in [0.2, 0.25) is 0 Å². The van der Waals surface area contributed by atoms with Crippen molar-refractivity contribution in [2.75, 3.05) is 0 Å². The minimum absolute atomic E-state index is 0.0921. The lowest BCUT2D eigenvalue weighted by atomic mass is 9.94. The average Bonchev–Trinajstić information content (AvgIpc) is 2.71. The highest BCUT2D eigenvalue weighted by Gasteiger charge is 2.34. The van der Waals surface area contributed by atoms with E-state index < -0.39 is 22.7 Å². The fourth-order valence-electron chi connectivity index (χ4n) is 3.17. The van der Waals surface area contributed by atoms with E-state index in [1.165, 1.54) is 60.8 Å². The molecule has 4 rings (SSSR count). The quantitative estimate of drug-likeness (QED) is 0.316. The summed E-state index contributed by atoms with van der Waals surface area (Å²) < 4.78 is 0. The number of carboxylic acid groups (broad SMARTS) is 1. The zero-order valence-electron chi connectivity index (χ0n) is 14.6. The normalized spacial score (nSPS) is 13.3. The molecule has 1 heterocycles. The number of rotatable bonds is 4. The lowest BCUT2D eigenvalue weighted by Gasteiger charge is -2.22. The van der Waals surface area contributed by atoms with Crippen molar-refractivity contribution in [3.8, 4) is 0 Å². The number of hydrogen-bond donors (Lipinski definition) is 1. The van der Waals surface area contributed by atoms with Crippen LogP contribution < -0.4 is 0 Å². The van der Waals surface area contributed by atoms with Crippen molar-refractivity contribution < 1.29 is 24.4 Å². The molecule has 0 bridgehead atoms. The molecule has 0 aromatic heterocycles. The largest absolute Gasteiger partial charge is 0.478 e. The Kier molecular flexibility index (Phi) is 4.12. The summed E-state index contributed by atoms with van der Waals surface area (Å²) in [5, 5.41) is 25.3. The summed E-state index contributed by atoms with van der Waals surface area (Å²) in [6.45, 7) is 0. The molecule has 2 amide bonds. The van der Waals surface area contributed by atoms with Crippen LogP contribution in [0.3, 0.4) is 0 Å². The van der Waals surface area contributed by atoms with Crippen molar-refractivity contribution in [1.29, 1.82) is 0 Å². The van der Waals surface area contributed by atoms with Gasteiger partial charge in [-0.15, -0.1) is 0 Å². The van der Waals surface area contributed by atoms with Crippen LogP contribution in [-0.4, -0.2) is 39.0 Å². The SMILES string of the molecule is O=C(O)c1ccc(C=NN2C(=O)c3cccc4c([N+](=O)[O-])ccc(c34)C2=O)cc1. The van der Waals surface area contributed by atoms with Gasteiger partial charge < -0.3 is 5.11 Å². The van der Waals surface area contributed by atoms with Gasteiger partial charge in [0.15, 0.2) is 0 Å². The Hall–Kier alpha value is -4.40. The number of benzene rings is 3. The first-order valence-electron chi connectivity index (χ1n) is 8.34. The van der Waals surface area contributed by atoms with Crippen LogP contribution in [0.25, 0.3) is 10.8 Å². The Balaban J connectivity index is 1.75. The van der Waals surface area contributed by atoms with Gasteiger partial charge in [0.1, 0.15) is 0 Å². The molecular formula is C20H11N3O6. The van der Waals surface area contributed by atoms with Crippen molar-refractivity contribution in [2.45, 2.75) is 0 Å². The molecule has 9 heteroatoms. The summed E-state index contributed by atoms with van der Waals surface area (Å²) in [6, 6.07) is 12.7. The second kappa shape index (κ2) is 6.64. The zero-order chi connectivity index (χ0) is 20.7. The summed E-state index contributed by atoms with van der Waals surface area (Å²) in [5.41, 5.74) is 0.665. The van der Waals surface area contributed by atoms with Gasteiger partial charge in [-0.1, -0.05) is 18.2 Å². The van der Waals surface area contributed by atoms with Crippen LogP contribution in [0.4, 0.5) is 5.69 Å². The molecule has 0 saturated carbocycles. The maximum absolute atomic E-state index is 12.8. The number of carboxylic acids is 1. The van der Waals surface area contributed by atoms with Crippen molar-refractivity contribution >= 4 is 40.5 Å². The summed E-state index contributed by atoms with van der Waals surface area (Å²) in [5.74, 6) is -2.48. The zero-order valence-corrected chi connectivity index (χ0v) is 14.6. The number of carbonyl (C=O) groups is 3. The van der Waals surface area contributed by atoms with Crippen LogP contribution >= 0.6 is 0 Å².